The number of rotatable bonds is 5. The molecule has 2 heterocycles. The van der Waals surface area contributed by atoms with Gasteiger partial charge in [0.2, 0.25) is 0 Å². The molecule has 1 fully saturated rings. The second-order valence-corrected chi connectivity index (χ2v) is 5.46. The van der Waals surface area contributed by atoms with Crippen molar-refractivity contribution in [3.63, 3.8) is 0 Å². The lowest BCUT2D eigenvalue weighted by atomic mass is 10.1. The van der Waals surface area contributed by atoms with Crippen molar-refractivity contribution in [3.05, 3.63) is 28.2 Å². The first-order chi connectivity index (χ1) is 9.52. The third-order valence-electron chi connectivity index (χ3n) is 3.69. The number of carbonyl (C=O) groups excluding carboxylic acids is 1. The molecule has 1 aliphatic rings. The molecule has 0 unspecified atom stereocenters. The molecule has 0 aromatic carbocycles. The van der Waals surface area contributed by atoms with Crippen LogP contribution < -0.4 is 5.56 Å². The Labute approximate surface area is 119 Å². The number of hydrogen-bond acceptors (Lipinski definition) is 4. The molecule has 0 aliphatic carbocycles. The average Bonchev–Trinajstić information content (AvgIpc) is 2.35. The van der Waals surface area contributed by atoms with Crippen molar-refractivity contribution < 1.29 is 4.79 Å². The molecule has 2 rings (SSSR count). The lowest BCUT2D eigenvalue weighted by Gasteiger charge is -2.42. The van der Waals surface area contributed by atoms with Crippen molar-refractivity contribution in [2.75, 3.05) is 27.2 Å². The number of nitrogens with zero attached hydrogens (tertiary/aromatic N) is 4. The van der Waals surface area contributed by atoms with Gasteiger partial charge in [0.1, 0.15) is 5.69 Å². The van der Waals surface area contributed by atoms with E-state index in [-0.39, 0.29) is 11.5 Å². The average molecular weight is 278 g/mol. The Morgan fingerprint density at radius 2 is 2.10 bits per heavy atom. The van der Waals surface area contributed by atoms with Gasteiger partial charge >= 0.3 is 0 Å². The quantitative estimate of drug-likeness (QED) is 0.784. The van der Waals surface area contributed by atoms with Gasteiger partial charge in [0, 0.05) is 31.7 Å². The number of aromatic nitrogens is 2. The largest absolute Gasteiger partial charge is 0.334 e. The van der Waals surface area contributed by atoms with Crippen molar-refractivity contribution in [3.8, 4) is 0 Å². The number of likely N-dealkylation sites (tertiary alicyclic amines) is 1. The smallest absolute Gasteiger partial charge is 0.274 e. The molecule has 1 amide bonds. The maximum atomic E-state index is 12.3. The molecule has 0 atom stereocenters. The van der Waals surface area contributed by atoms with Crippen LogP contribution in [0.15, 0.2) is 16.9 Å². The van der Waals surface area contributed by atoms with Crippen LogP contribution in [0.3, 0.4) is 0 Å². The predicted octanol–water partition coefficient (Wildman–Crippen LogP) is 0.429. The van der Waals surface area contributed by atoms with Crippen LogP contribution in [0.1, 0.15) is 30.3 Å². The Kier molecular flexibility index (Phi) is 4.54. The molecule has 1 aliphatic heterocycles. The fraction of sp³-hybridized carbons (Fsp3) is 0.643. The van der Waals surface area contributed by atoms with Gasteiger partial charge in [-0.2, -0.15) is 5.10 Å². The van der Waals surface area contributed by atoms with E-state index < -0.39 is 0 Å². The van der Waals surface area contributed by atoms with Gasteiger partial charge in [-0.25, -0.2) is 4.68 Å². The maximum absolute atomic E-state index is 12.3. The number of amides is 1. The van der Waals surface area contributed by atoms with Crippen LogP contribution in [0, 0.1) is 0 Å². The Morgan fingerprint density at radius 3 is 2.70 bits per heavy atom. The van der Waals surface area contributed by atoms with Gasteiger partial charge < -0.3 is 9.80 Å². The minimum absolute atomic E-state index is 0.0895. The van der Waals surface area contributed by atoms with Crippen molar-refractivity contribution in [2.45, 2.75) is 32.4 Å². The summed E-state index contributed by atoms with van der Waals surface area (Å²) >= 11 is 0. The third kappa shape index (κ3) is 3.07. The Morgan fingerprint density at radius 1 is 1.40 bits per heavy atom. The third-order valence-corrected chi connectivity index (χ3v) is 3.69. The van der Waals surface area contributed by atoms with E-state index in [9.17, 15) is 9.59 Å². The molecule has 1 saturated heterocycles. The molecule has 6 nitrogen and oxygen atoms in total. The van der Waals surface area contributed by atoms with Gasteiger partial charge in [-0.05, 0) is 26.6 Å². The highest BCUT2D eigenvalue weighted by Gasteiger charge is 2.33. The molecular formula is C14H22N4O2. The van der Waals surface area contributed by atoms with E-state index in [0.29, 0.717) is 18.3 Å². The van der Waals surface area contributed by atoms with E-state index in [1.165, 1.54) is 16.8 Å². The van der Waals surface area contributed by atoms with Crippen molar-refractivity contribution >= 4 is 5.91 Å². The van der Waals surface area contributed by atoms with E-state index in [4.69, 9.17) is 0 Å². The van der Waals surface area contributed by atoms with Crippen LogP contribution in [0.5, 0.6) is 0 Å². The highest BCUT2D eigenvalue weighted by molar-refractivity contribution is 5.92. The fourth-order valence-electron chi connectivity index (χ4n) is 2.14. The summed E-state index contributed by atoms with van der Waals surface area (Å²) in [5, 5.41) is 4.18. The summed E-state index contributed by atoms with van der Waals surface area (Å²) in [5.74, 6) is -0.0895. The molecule has 6 heteroatoms. The van der Waals surface area contributed by atoms with Crippen LogP contribution >= 0.6 is 0 Å². The van der Waals surface area contributed by atoms with Crippen LogP contribution in [0.25, 0.3) is 0 Å². The zero-order valence-electron chi connectivity index (χ0n) is 12.4. The van der Waals surface area contributed by atoms with Gasteiger partial charge in [-0.1, -0.05) is 13.3 Å². The molecule has 0 spiro atoms. The van der Waals surface area contributed by atoms with E-state index in [1.807, 2.05) is 14.1 Å². The number of likely N-dealkylation sites (N-methyl/N-ethyl adjacent to an activating group) is 1. The van der Waals surface area contributed by atoms with E-state index in [2.05, 4.69) is 16.9 Å². The summed E-state index contributed by atoms with van der Waals surface area (Å²) in [6.45, 7) is 4.07. The SMILES string of the molecule is CCCCn1nc(C(=O)N2CC(N(C)C)C2)ccc1=O. The maximum Gasteiger partial charge on any atom is 0.274 e. The highest BCUT2D eigenvalue weighted by Crippen LogP contribution is 2.14. The second-order valence-electron chi connectivity index (χ2n) is 5.46. The number of hydrogen-bond donors (Lipinski definition) is 0. The predicted molar refractivity (Wildman–Crippen MR) is 76.8 cm³/mol. The van der Waals surface area contributed by atoms with Crippen molar-refractivity contribution in [1.29, 1.82) is 0 Å². The molecule has 0 N–H and O–H groups in total. The van der Waals surface area contributed by atoms with Crippen LogP contribution in [0.4, 0.5) is 0 Å². The van der Waals surface area contributed by atoms with Crippen LogP contribution in [-0.2, 0) is 6.54 Å². The van der Waals surface area contributed by atoms with Crippen molar-refractivity contribution in [1.82, 2.24) is 19.6 Å². The van der Waals surface area contributed by atoms with Gasteiger partial charge in [0.15, 0.2) is 0 Å². The Hall–Kier alpha value is -1.69. The standard InChI is InChI=1S/C14H22N4O2/c1-4-5-8-18-13(19)7-6-12(15-18)14(20)17-9-11(10-17)16(2)3/h6-7,11H,4-5,8-10H2,1-3H3. The van der Waals surface area contributed by atoms with Crippen LogP contribution in [0.2, 0.25) is 0 Å². The summed E-state index contributed by atoms with van der Waals surface area (Å²) in [6.07, 6.45) is 1.87. The minimum atomic E-state index is -0.148. The lowest BCUT2D eigenvalue weighted by Crippen LogP contribution is -2.59. The monoisotopic (exact) mass is 278 g/mol. The fourth-order valence-corrected chi connectivity index (χ4v) is 2.14. The van der Waals surface area contributed by atoms with Gasteiger partial charge in [0.05, 0.1) is 0 Å². The van der Waals surface area contributed by atoms with Gasteiger partial charge in [0.25, 0.3) is 11.5 Å². The molecule has 20 heavy (non-hydrogen) atoms. The minimum Gasteiger partial charge on any atom is -0.334 e. The summed E-state index contributed by atoms with van der Waals surface area (Å²) in [5.41, 5.74) is 0.211. The van der Waals surface area contributed by atoms with Gasteiger partial charge in [-0.3, -0.25) is 9.59 Å². The zero-order chi connectivity index (χ0) is 14.7. The summed E-state index contributed by atoms with van der Waals surface area (Å²) in [6, 6.07) is 3.37. The molecule has 110 valence electrons. The van der Waals surface area contributed by atoms with E-state index in [1.54, 1.807) is 4.90 Å². The highest BCUT2D eigenvalue weighted by atomic mass is 16.2. The lowest BCUT2D eigenvalue weighted by molar-refractivity contribution is 0.0391. The first-order valence-corrected chi connectivity index (χ1v) is 7.06. The Bertz CT molecular complexity index is 532. The molecule has 1 aromatic rings. The van der Waals surface area contributed by atoms with Crippen LogP contribution in [-0.4, -0.2) is 58.7 Å². The summed E-state index contributed by atoms with van der Waals surface area (Å²) in [7, 11) is 4.02. The molecular weight excluding hydrogens is 256 g/mol. The Balaban J connectivity index is 2.06. The molecule has 0 radical (unpaired) electrons. The second kappa shape index (κ2) is 6.17. The van der Waals surface area contributed by atoms with Crippen molar-refractivity contribution in [2.24, 2.45) is 0 Å². The molecule has 0 saturated carbocycles. The zero-order valence-corrected chi connectivity index (χ0v) is 12.4. The first kappa shape index (κ1) is 14.7. The number of unbranched alkanes of at least 4 members (excludes halogenated alkanes) is 1. The van der Waals surface area contributed by atoms with E-state index in [0.717, 1.165) is 25.9 Å². The van der Waals surface area contributed by atoms with Gasteiger partial charge in [-0.15, -0.1) is 0 Å². The molecule has 0 bridgehead atoms. The summed E-state index contributed by atoms with van der Waals surface area (Å²) in [4.78, 5) is 27.8. The number of carbonyl (C=O) groups is 1. The molecule has 1 aromatic heterocycles. The normalized spacial score (nSPS) is 15.5. The summed E-state index contributed by atoms with van der Waals surface area (Å²) < 4.78 is 1.39. The topological polar surface area (TPSA) is 58.4 Å². The first-order valence-electron chi connectivity index (χ1n) is 7.06. The van der Waals surface area contributed by atoms with E-state index >= 15 is 0 Å². The number of aryl methyl sites for hydroxylation is 1.